The monoisotopic (exact) mass is 468 g/mol. The molecule has 1 N–H and O–H groups in total. The molecule has 2 aromatic carbocycles. The Hall–Kier alpha value is -1.86. The first-order valence-corrected chi connectivity index (χ1v) is 10.9. The Morgan fingerprint density at radius 1 is 1.07 bits per heavy atom. The number of benzene rings is 2. The number of thioether (sulfide) groups is 1. The van der Waals surface area contributed by atoms with Gasteiger partial charge in [0.1, 0.15) is 17.5 Å². The van der Waals surface area contributed by atoms with Gasteiger partial charge in [-0.05, 0) is 60.5 Å². The first kappa shape index (κ1) is 22.8. The largest absolute Gasteiger partial charge is 0.385 e. The van der Waals surface area contributed by atoms with Crippen molar-refractivity contribution >= 4 is 40.8 Å². The van der Waals surface area contributed by atoms with Crippen molar-refractivity contribution in [3.05, 3.63) is 87.5 Å². The Morgan fingerprint density at radius 2 is 1.83 bits per heavy atom. The zero-order valence-corrected chi connectivity index (χ0v) is 18.5. The van der Waals surface area contributed by atoms with Gasteiger partial charge in [-0.3, -0.25) is 0 Å². The number of methoxy groups -OCH3 is 1. The Bertz CT molecular complexity index is 989. The smallest absolute Gasteiger partial charge is 0.128 e. The predicted octanol–water partition coefficient (Wildman–Crippen LogP) is 7.00. The van der Waals surface area contributed by atoms with Crippen LogP contribution in [0.25, 0.3) is 0 Å². The number of nitrogens with one attached hydrogen (secondary N) is 1. The number of ether oxygens (including phenoxy) is 1. The molecule has 3 rings (SSSR count). The van der Waals surface area contributed by atoms with Crippen molar-refractivity contribution in [2.75, 3.05) is 25.6 Å². The molecule has 0 saturated carbocycles. The highest BCUT2D eigenvalue weighted by molar-refractivity contribution is 7.99. The highest BCUT2D eigenvalue weighted by Gasteiger charge is 2.23. The first-order chi connectivity index (χ1) is 14.5. The van der Waals surface area contributed by atoms with E-state index in [9.17, 15) is 8.78 Å². The summed E-state index contributed by atoms with van der Waals surface area (Å²) < 4.78 is 33.7. The van der Waals surface area contributed by atoms with E-state index in [0.717, 1.165) is 23.4 Å². The highest BCUT2D eigenvalue weighted by atomic mass is 35.5. The quantitative estimate of drug-likeness (QED) is 0.270. The average Bonchev–Trinajstić information content (AvgIpc) is 2.74. The highest BCUT2D eigenvalue weighted by Crippen LogP contribution is 2.44. The van der Waals surface area contributed by atoms with Crippen LogP contribution in [0.15, 0.2) is 59.6 Å². The molecule has 1 aromatic heterocycles. The van der Waals surface area contributed by atoms with Crippen LogP contribution in [0.2, 0.25) is 10.0 Å². The summed E-state index contributed by atoms with van der Waals surface area (Å²) in [5.74, 6) is -0.425. The third-order valence-electron chi connectivity index (χ3n) is 4.31. The second-order valence-electron chi connectivity index (χ2n) is 6.48. The molecule has 0 fully saturated rings. The van der Waals surface area contributed by atoms with E-state index < -0.39 is 16.9 Å². The van der Waals surface area contributed by atoms with Crippen LogP contribution in [-0.4, -0.2) is 25.2 Å². The molecule has 3 aromatic rings. The topological polar surface area (TPSA) is 34.1 Å². The van der Waals surface area contributed by atoms with Crippen molar-refractivity contribution in [1.29, 1.82) is 0 Å². The van der Waals surface area contributed by atoms with Gasteiger partial charge in [0.05, 0.1) is 10.3 Å². The lowest BCUT2D eigenvalue weighted by Crippen LogP contribution is -2.08. The summed E-state index contributed by atoms with van der Waals surface area (Å²) in [5, 5.41) is 3.58. The summed E-state index contributed by atoms with van der Waals surface area (Å²) in [7, 11) is 1.64. The van der Waals surface area contributed by atoms with E-state index in [2.05, 4.69) is 10.3 Å². The van der Waals surface area contributed by atoms with Crippen molar-refractivity contribution in [2.45, 2.75) is 16.6 Å². The SMILES string of the molecule is COCCCNc1cc(C(Sc2ccc(Cl)cc2)c2cc(F)ccc2F)c(Cl)cn1. The van der Waals surface area contributed by atoms with Crippen molar-refractivity contribution in [1.82, 2.24) is 4.98 Å². The van der Waals surface area contributed by atoms with E-state index >= 15 is 0 Å². The summed E-state index contributed by atoms with van der Waals surface area (Å²) in [4.78, 5) is 5.14. The molecule has 0 spiro atoms. The van der Waals surface area contributed by atoms with E-state index in [1.54, 1.807) is 25.3 Å². The molecule has 1 unspecified atom stereocenters. The minimum Gasteiger partial charge on any atom is -0.385 e. The Labute approximate surface area is 188 Å². The number of aromatic nitrogens is 1. The summed E-state index contributed by atoms with van der Waals surface area (Å²) in [5.41, 5.74) is 0.832. The number of nitrogens with zero attached hydrogens (tertiary/aromatic N) is 1. The normalized spacial score (nSPS) is 12.0. The molecule has 0 aliphatic carbocycles. The molecule has 3 nitrogen and oxygen atoms in total. The van der Waals surface area contributed by atoms with Gasteiger partial charge in [-0.15, -0.1) is 11.8 Å². The van der Waals surface area contributed by atoms with E-state index in [-0.39, 0.29) is 5.56 Å². The zero-order chi connectivity index (χ0) is 21.5. The second kappa shape index (κ2) is 11.0. The molecule has 158 valence electrons. The van der Waals surface area contributed by atoms with Gasteiger partial charge < -0.3 is 10.1 Å². The van der Waals surface area contributed by atoms with Crippen molar-refractivity contribution < 1.29 is 13.5 Å². The molecule has 0 amide bonds. The number of halogens is 4. The molecule has 0 radical (unpaired) electrons. The second-order valence-corrected chi connectivity index (χ2v) is 8.50. The van der Waals surface area contributed by atoms with Crippen LogP contribution in [0.1, 0.15) is 22.8 Å². The Kier molecular flexibility index (Phi) is 8.33. The van der Waals surface area contributed by atoms with Crippen LogP contribution in [0, 0.1) is 11.6 Å². The maximum atomic E-state index is 14.7. The number of hydrogen-bond acceptors (Lipinski definition) is 4. The van der Waals surface area contributed by atoms with Gasteiger partial charge in [-0.1, -0.05) is 23.2 Å². The lowest BCUT2D eigenvalue weighted by molar-refractivity contribution is 0.198. The van der Waals surface area contributed by atoms with Crippen LogP contribution in [0.3, 0.4) is 0 Å². The lowest BCUT2D eigenvalue weighted by Gasteiger charge is -2.20. The van der Waals surface area contributed by atoms with Gasteiger partial charge in [0.15, 0.2) is 0 Å². The van der Waals surface area contributed by atoms with Crippen LogP contribution in [0.5, 0.6) is 0 Å². The lowest BCUT2D eigenvalue weighted by atomic mass is 10.0. The molecule has 0 saturated heterocycles. The minimum atomic E-state index is -0.586. The van der Waals surface area contributed by atoms with Gasteiger partial charge in [-0.2, -0.15) is 0 Å². The fourth-order valence-corrected chi connectivity index (χ4v) is 4.44. The summed E-state index contributed by atoms with van der Waals surface area (Å²) in [6, 6.07) is 12.4. The Balaban J connectivity index is 1.98. The fraction of sp³-hybridized carbons (Fsp3) is 0.227. The summed E-state index contributed by atoms with van der Waals surface area (Å²) >= 11 is 13.8. The molecule has 1 heterocycles. The average molecular weight is 469 g/mol. The summed E-state index contributed by atoms with van der Waals surface area (Å²) in [6.45, 7) is 1.28. The van der Waals surface area contributed by atoms with Crippen LogP contribution in [-0.2, 0) is 4.74 Å². The number of rotatable bonds is 9. The van der Waals surface area contributed by atoms with E-state index in [0.29, 0.717) is 34.6 Å². The number of hydrogen-bond donors (Lipinski definition) is 1. The van der Waals surface area contributed by atoms with Crippen LogP contribution >= 0.6 is 35.0 Å². The molecule has 0 aliphatic rings. The summed E-state index contributed by atoms with van der Waals surface area (Å²) in [6.07, 6.45) is 2.32. The molecular weight excluding hydrogens is 449 g/mol. The number of anilines is 1. The molecule has 0 bridgehead atoms. The third kappa shape index (κ3) is 6.08. The number of pyridine rings is 1. The standard InChI is InChI=1S/C22H20Cl2F2N2OS/c1-29-10-2-9-27-21-12-17(19(24)13-28-21)22(18-11-15(25)5-8-20(18)26)30-16-6-3-14(23)4-7-16/h3-8,11-13,22H,2,9-10H2,1H3,(H,27,28). The van der Waals surface area contributed by atoms with Gasteiger partial charge in [0.25, 0.3) is 0 Å². The van der Waals surface area contributed by atoms with E-state index in [1.807, 2.05) is 12.1 Å². The zero-order valence-electron chi connectivity index (χ0n) is 16.2. The van der Waals surface area contributed by atoms with Gasteiger partial charge in [-0.25, -0.2) is 13.8 Å². The van der Waals surface area contributed by atoms with Gasteiger partial charge >= 0.3 is 0 Å². The molecule has 30 heavy (non-hydrogen) atoms. The van der Waals surface area contributed by atoms with Gasteiger partial charge in [0, 0.05) is 41.9 Å². The van der Waals surface area contributed by atoms with E-state index in [1.165, 1.54) is 24.0 Å². The maximum Gasteiger partial charge on any atom is 0.128 e. The maximum absolute atomic E-state index is 14.7. The first-order valence-electron chi connectivity index (χ1n) is 9.23. The van der Waals surface area contributed by atoms with Crippen LogP contribution in [0.4, 0.5) is 14.6 Å². The molecule has 8 heteroatoms. The molecule has 1 atom stereocenters. The minimum absolute atomic E-state index is 0.202. The fourth-order valence-electron chi connectivity index (χ4n) is 2.84. The molecule has 0 aliphatic heterocycles. The van der Waals surface area contributed by atoms with E-state index in [4.69, 9.17) is 27.9 Å². The Morgan fingerprint density at radius 3 is 2.57 bits per heavy atom. The van der Waals surface area contributed by atoms with Crippen molar-refractivity contribution in [2.24, 2.45) is 0 Å². The van der Waals surface area contributed by atoms with Crippen molar-refractivity contribution in [3.8, 4) is 0 Å². The van der Waals surface area contributed by atoms with Crippen molar-refractivity contribution in [3.63, 3.8) is 0 Å². The van der Waals surface area contributed by atoms with Gasteiger partial charge in [0.2, 0.25) is 0 Å². The molecular formula is C22H20Cl2F2N2OS. The third-order valence-corrected chi connectivity index (χ3v) is 6.16. The van der Waals surface area contributed by atoms with Crippen LogP contribution < -0.4 is 5.32 Å². The predicted molar refractivity (Wildman–Crippen MR) is 120 cm³/mol.